The number of anilines is 2. The number of aromatic nitrogens is 1. The van der Waals surface area contributed by atoms with Gasteiger partial charge in [0.2, 0.25) is 5.91 Å². The smallest absolute Gasteiger partial charge is 0.252 e. The fourth-order valence-corrected chi connectivity index (χ4v) is 8.23. The number of pyridine rings is 1. The Bertz CT molecular complexity index is 1790. The molecule has 2 aromatic carbocycles. The fraction of sp³-hybridized carbons (Fsp3) is 0.486. The summed E-state index contributed by atoms with van der Waals surface area (Å²) in [6, 6.07) is 7.68. The Hall–Kier alpha value is -4.02. The number of aromatic amines is 1. The number of H-pyrrole nitrogens is 1. The molecule has 3 N–H and O–H groups in total. The normalized spacial score (nSPS) is 17.7. The van der Waals surface area contributed by atoms with Crippen molar-refractivity contribution < 1.29 is 23.5 Å². The zero-order valence-electron chi connectivity index (χ0n) is 28.1. The highest BCUT2D eigenvalue weighted by atomic mass is 19.1. The van der Waals surface area contributed by atoms with Crippen LogP contribution in [-0.2, 0) is 26.1 Å². The van der Waals surface area contributed by atoms with Crippen LogP contribution in [0.4, 0.5) is 15.8 Å². The maximum atomic E-state index is 17.1. The van der Waals surface area contributed by atoms with Crippen molar-refractivity contribution in [2.45, 2.75) is 78.2 Å². The van der Waals surface area contributed by atoms with E-state index in [9.17, 15) is 14.4 Å². The number of benzene rings is 2. The third kappa shape index (κ3) is 5.45. The van der Waals surface area contributed by atoms with E-state index in [-0.39, 0.29) is 35.1 Å². The van der Waals surface area contributed by atoms with E-state index in [0.717, 1.165) is 35.3 Å². The number of hydrogen-bond acceptors (Lipinski definition) is 6. The molecule has 0 saturated carbocycles. The minimum atomic E-state index is -0.853. The van der Waals surface area contributed by atoms with Gasteiger partial charge in [0.25, 0.3) is 11.5 Å². The molecular formula is C37H45FN4O5. The van der Waals surface area contributed by atoms with Crippen LogP contribution in [0.2, 0.25) is 0 Å². The van der Waals surface area contributed by atoms with Crippen LogP contribution < -0.4 is 21.1 Å². The van der Waals surface area contributed by atoms with E-state index < -0.39 is 17.1 Å². The predicted molar refractivity (Wildman–Crippen MR) is 181 cm³/mol. The van der Waals surface area contributed by atoms with Crippen LogP contribution in [0.25, 0.3) is 11.1 Å². The lowest BCUT2D eigenvalue weighted by Crippen LogP contribution is -2.44. The van der Waals surface area contributed by atoms with Crippen LogP contribution >= 0.6 is 0 Å². The maximum Gasteiger partial charge on any atom is 0.252 e. The van der Waals surface area contributed by atoms with E-state index in [4.69, 9.17) is 15.2 Å². The van der Waals surface area contributed by atoms with Gasteiger partial charge in [0.15, 0.2) is 0 Å². The lowest BCUT2D eigenvalue weighted by atomic mass is 9.75. The molecule has 3 aromatic rings. The predicted octanol–water partition coefficient (Wildman–Crippen LogP) is 5.22. The summed E-state index contributed by atoms with van der Waals surface area (Å²) in [4.78, 5) is 47.3. The molecule has 0 atom stereocenters. The molecule has 0 unspecified atom stereocenters. The molecule has 1 aromatic heterocycles. The van der Waals surface area contributed by atoms with Crippen molar-refractivity contribution in [1.82, 2.24) is 4.98 Å². The van der Waals surface area contributed by atoms with E-state index in [1.807, 2.05) is 52.0 Å². The number of primary amides is 1. The van der Waals surface area contributed by atoms with Crippen molar-refractivity contribution in [1.29, 1.82) is 0 Å². The van der Waals surface area contributed by atoms with Crippen molar-refractivity contribution in [3.8, 4) is 11.1 Å². The molecule has 2 amide bonds. The van der Waals surface area contributed by atoms with Crippen LogP contribution in [0.3, 0.4) is 0 Å². The number of carbonyl (C=O) groups is 2. The summed E-state index contributed by atoms with van der Waals surface area (Å²) in [5, 5.41) is 0. The first-order chi connectivity index (χ1) is 22.5. The maximum absolute atomic E-state index is 17.1. The summed E-state index contributed by atoms with van der Waals surface area (Å²) < 4.78 is 28.4. The number of likely N-dealkylation sites (N-methyl/N-ethyl adjacent to an activating group) is 1. The highest BCUT2D eigenvalue weighted by Crippen LogP contribution is 2.50. The molecule has 250 valence electrons. The number of nitrogens with two attached hydrogens (primary N) is 1. The van der Waals surface area contributed by atoms with Gasteiger partial charge in [0.05, 0.1) is 11.0 Å². The van der Waals surface area contributed by atoms with Gasteiger partial charge in [-0.05, 0) is 100 Å². The lowest BCUT2D eigenvalue weighted by molar-refractivity contribution is -0.126. The number of fused-ring (bicyclic) bond motifs is 2. The van der Waals surface area contributed by atoms with Crippen LogP contribution in [-0.4, -0.2) is 62.4 Å². The molecule has 2 fully saturated rings. The van der Waals surface area contributed by atoms with Gasteiger partial charge in [-0.1, -0.05) is 12.1 Å². The molecule has 47 heavy (non-hydrogen) atoms. The number of aryl methyl sites for hydroxylation is 2. The van der Waals surface area contributed by atoms with E-state index in [1.165, 1.54) is 0 Å². The van der Waals surface area contributed by atoms with Crippen LogP contribution in [0.1, 0.15) is 83.4 Å². The minimum absolute atomic E-state index is 0.0389. The second-order valence-electron chi connectivity index (χ2n) is 13.1. The third-order valence-corrected chi connectivity index (χ3v) is 10.5. The number of carbonyl (C=O) groups excluding carboxylic acids is 2. The summed E-state index contributed by atoms with van der Waals surface area (Å²) in [6.45, 7) is 12.7. The third-order valence-electron chi connectivity index (χ3n) is 10.5. The standard InChI is InChI=1S/C37H45FN4O5/c1-6-41(25-10-14-46-15-11-25)33-23(5)30(34(39)43)32(38)31(27(33)20-26-21(3)18-22(4)40-35(26)44)24-8-9-28-29(19-24)42(7-2)36(45)37(28)12-16-47-17-13-37/h8-9,18-19,25H,6-7,10-17,20H2,1-5H3,(H2,39,43)(H,40,44). The largest absolute Gasteiger partial charge is 0.381 e. The Morgan fingerprint density at radius 1 is 1.04 bits per heavy atom. The summed E-state index contributed by atoms with van der Waals surface area (Å²) in [6.07, 6.45) is 2.85. The number of nitrogens with one attached hydrogen (secondary N) is 1. The van der Waals surface area contributed by atoms with Crippen LogP contribution in [0.15, 0.2) is 29.1 Å². The molecule has 3 aliphatic rings. The molecule has 10 heteroatoms. The van der Waals surface area contributed by atoms with Crippen LogP contribution in [0.5, 0.6) is 0 Å². The SMILES string of the molecule is CCN1C(=O)C2(CCOCC2)c2ccc(-c3c(F)c(C(N)=O)c(C)c(N(CC)C4CCOCC4)c3Cc3c(C)cc(C)[nH]c3=O)cc21. The van der Waals surface area contributed by atoms with Gasteiger partial charge in [0.1, 0.15) is 5.82 Å². The Labute approximate surface area is 275 Å². The Kier molecular flexibility index (Phi) is 9.02. The van der Waals surface area contributed by atoms with Crippen molar-refractivity contribution in [2.75, 3.05) is 49.3 Å². The summed E-state index contributed by atoms with van der Waals surface area (Å²) in [5.74, 6) is -1.53. The molecule has 6 rings (SSSR count). The molecule has 1 spiro atoms. The van der Waals surface area contributed by atoms with Crippen molar-refractivity contribution >= 4 is 23.2 Å². The summed E-state index contributed by atoms with van der Waals surface area (Å²) in [5.41, 5.74) is 11.1. The number of ether oxygens (including phenoxy) is 2. The molecule has 9 nitrogen and oxygen atoms in total. The van der Waals surface area contributed by atoms with E-state index >= 15 is 4.39 Å². The van der Waals surface area contributed by atoms with Gasteiger partial charge in [-0.2, -0.15) is 0 Å². The second kappa shape index (κ2) is 12.9. The molecule has 4 heterocycles. The first-order valence-corrected chi connectivity index (χ1v) is 16.8. The first kappa shape index (κ1) is 32.9. The highest BCUT2D eigenvalue weighted by molar-refractivity contribution is 6.09. The fourth-order valence-electron chi connectivity index (χ4n) is 8.23. The van der Waals surface area contributed by atoms with Crippen LogP contribution in [0, 0.1) is 26.6 Å². The average Bonchev–Trinajstić information content (AvgIpc) is 3.26. The number of nitrogens with zero attached hydrogens (tertiary/aromatic N) is 2. The quantitative estimate of drug-likeness (QED) is 0.348. The number of rotatable bonds is 8. The summed E-state index contributed by atoms with van der Waals surface area (Å²) in [7, 11) is 0. The lowest BCUT2D eigenvalue weighted by Gasteiger charge is -2.39. The number of hydrogen-bond donors (Lipinski definition) is 2. The molecule has 2 saturated heterocycles. The van der Waals surface area contributed by atoms with Crippen molar-refractivity contribution in [3.05, 3.63) is 79.5 Å². The Morgan fingerprint density at radius 2 is 1.72 bits per heavy atom. The summed E-state index contributed by atoms with van der Waals surface area (Å²) >= 11 is 0. The second-order valence-corrected chi connectivity index (χ2v) is 13.1. The van der Waals surface area contributed by atoms with Gasteiger partial charge in [0, 0.05) is 80.2 Å². The van der Waals surface area contributed by atoms with Gasteiger partial charge < -0.3 is 30.0 Å². The van der Waals surface area contributed by atoms with E-state index in [1.54, 1.807) is 11.8 Å². The monoisotopic (exact) mass is 644 g/mol. The average molecular weight is 645 g/mol. The van der Waals surface area contributed by atoms with Crippen molar-refractivity contribution in [2.24, 2.45) is 5.73 Å². The molecule has 0 radical (unpaired) electrons. The Balaban J connectivity index is 1.66. The highest BCUT2D eigenvalue weighted by Gasteiger charge is 2.51. The molecular weight excluding hydrogens is 599 g/mol. The molecule has 0 aliphatic carbocycles. The van der Waals surface area contributed by atoms with E-state index in [0.29, 0.717) is 80.3 Å². The van der Waals surface area contributed by atoms with Gasteiger partial charge >= 0.3 is 0 Å². The zero-order valence-corrected chi connectivity index (χ0v) is 28.1. The molecule has 3 aliphatic heterocycles. The number of halogens is 1. The topological polar surface area (TPSA) is 118 Å². The number of amides is 2. The zero-order chi connectivity index (χ0) is 33.6. The minimum Gasteiger partial charge on any atom is -0.381 e. The molecule has 0 bridgehead atoms. The van der Waals surface area contributed by atoms with Gasteiger partial charge in [-0.3, -0.25) is 14.4 Å². The van der Waals surface area contributed by atoms with Crippen molar-refractivity contribution in [3.63, 3.8) is 0 Å². The first-order valence-electron chi connectivity index (χ1n) is 16.8. The van der Waals surface area contributed by atoms with Gasteiger partial charge in [-0.25, -0.2) is 4.39 Å². The van der Waals surface area contributed by atoms with E-state index in [2.05, 4.69) is 9.88 Å². The Morgan fingerprint density at radius 3 is 2.34 bits per heavy atom. The van der Waals surface area contributed by atoms with Gasteiger partial charge in [-0.15, -0.1) is 0 Å².